The molecule has 0 N–H and O–H groups in total. The molecule has 2 aromatic carbocycles. The van der Waals surface area contributed by atoms with Crippen molar-refractivity contribution >= 4 is 11.4 Å². The summed E-state index contributed by atoms with van der Waals surface area (Å²) in [6.45, 7) is 2.56. The third-order valence-electron chi connectivity index (χ3n) is 5.96. The average molecular weight is 441 g/mol. The van der Waals surface area contributed by atoms with E-state index in [1.54, 1.807) is 16.9 Å². The van der Waals surface area contributed by atoms with Gasteiger partial charge in [-0.3, -0.25) is 15.1 Å². The Bertz CT molecular complexity index is 1260. The van der Waals surface area contributed by atoms with Gasteiger partial charge in [-0.25, -0.2) is 4.68 Å². The second-order valence-electron chi connectivity index (χ2n) is 8.22. The molecule has 5 rings (SSSR count). The van der Waals surface area contributed by atoms with Crippen molar-refractivity contribution in [2.24, 2.45) is 0 Å². The molecule has 1 fully saturated rings. The molecule has 4 aromatic rings. The molecule has 2 aromatic heterocycles. The lowest BCUT2D eigenvalue weighted by Crippen LogP contribution is -2.29. The molecule has 0 atom stereocenters. The number of anilines is 1. The van der Waals surface area contributed by atoms with Crippen LogP contribution in [0.1, 0.15) is 24.8 Å². The molecule has 33 heavy (non-hydrogen) atoms. The van der Waals surface area contributed by atoms with Gasteiger partial charge in [-0.15, -0.1) is 5.10 Å². The Kier molecular flexibility index (Phi) is 5.80. The van der Waals surface area contributed by atoms with Crippen LogP contribution in [0.4, 0.5) is 11.4 Å². The van der Waals surface area contributed by atoms with Crippen molar-refractivity contribution in [3.05, 3.63) is 88.7 Å². The van der Waals surface area contributed by atoms with E-state index in [1.165, 1.54) is 6.42 Å². The number of hydrogen-bond donors (Lipinski definition) is 0. The van der Waals surface area contributed by atoms with Crippen molar-refractivity contribution in [2.45, 2.75) is 25.8 Å². The van der Waals surface area contributed by atoms with Crippen LogP contribution in [0, 0.1) is 10.1 Å². The highest BCUT2D eigenvalue weighted by Crippen LogP contribution is 2.34. The molecule has 3 heterocycles. The molecule has 0 radical (unpaired) electrons. The molecule has 0 spiro atoms. The summed E-state index contributed by atoms with van der Waals surface area (Å²) in [5.74, 6) is 0. The Balaban J connectivity index is 1.47. The van der Waals surface area contributed by atoms with E-state index < -0.39 is 0 Å². The smallest absolute Gasteiger partial charge is 0.278 e. The first kappa shape index (κ1) is 20.8. The van der Waals surface area contributed by atoms with Gasteiger partial charge in [-0.1, -0.05) is 35.5 Å². The molecule has 8 heteroatoms. The molecule has 0 amide bonds. The molecule has 0 bridgehead atoms. The number of hydrogen-bond acceptors (Lipinski definition) is 6. The van der Waals surface area contributed by atoms with Crippen molar-refractivity contribution in [1.29, 1.82) is 0 Å². The van der Waals surface area contributed by atoms with Gasteiger partial charge in [0.2, 0.25) is 0 Å². The number of piperidine rings is 1. The zero-order chi connectivity index (χ0) is 22.6. The first-order chi connectivity index (χ1) is 16.2. The van der Waals surface area contributed by atoms with Crippen LogP contribution >= 0.6 is 0 Å². The number of nitro benzene ring substituents is 1. The number of benzene rings is 2. The van der Waals surface area contributed by atoms with Crippen LogP contribution in [0.5, 0.6) is 0 Å². The largest absolute Gasteiger partial charge is 0.372 e. The molecule has 0 saturated carbocycles. The summed E-state index contributed by atoms with van der Waals surface area (Å²) in [5.41, 5.74) is 4.76. The normalized spacial score (nSPS) is 13.8. The Morgan fingerprint density at radius 3 is 2.55 bits per heavy atom. The predicted molar refractivity (Wildman–Crippen MR) is 127 cm³/mol. The number of aromatic nitrogens is 4. The first-order valence-corrected chi connectivity index (χ1v) is 11.1. The van der Waals surface area contributed by atoms with Crippen LogP contribution < -0.4 is 4.90 Å². The second kappa shape index (κ2) is 9.20. The van der Waals surface area contributed by atoms with Crippen molar-refractivity contribution in [3.63, 3.8) is 0 Å². The van der Waals surface area contributed by atoms with Gasteiger partial charge in [0.05, 0.1) is 28.9 Å². The highest BCUT2D eigenvalue weighted by molar-refractivity contribution is 5.78. The summed E-state index contributed by atoms with van der Waals surface area (Å²) in [6.07, 6.45) is 7.05. The molecule has 1 aliphatic rings. The summed E-state index contributed by atoms with van der Waals surface area (Å²) >= 11 is 0. The van der Waals surface area contributed by atoms with Crippen molar-refractivity contribution in [2.75, 3.05) is 18.0 Å². The van der Waals surface area contributed by atoms with Crippen molar-refractivity contribution in [3.8, 4) is 22.5 Å². The Morgan fingerprint density at radius 2 is 1.76 bits per heavy atom. The SMILES string of the molecule is O=[N+]([O-])c1ccc(N2CCCCC2)cc1-c1cc(-c2cn(Cc3ccccc3)nn2)ccn1. The maximum Gasteiger partial charge on any atom is 0.278 e. The fourth-order valence-corrected chi connectivity index (χ4v) is 4.25. The van der Waals surface area contributed by atoms with E-state index in [2.05, 4.69) is 20.2 Å². The van der Waals surface area contributed by atoms with E-state index in [9.17, 15) is 10.1 Å². The molecule has 0 aliphatic carbocycles. The van der Waals surface area contributed by atoms with E-state index in [0.29, 0.717) is 23.5 Å². The van der Waals surface area contributed by atoms with Crippen LogP contribution in [0.15, 0.2) is 73.1 Å². The minimum absolute atomic E-state index is 0.0492. The van der Waals surface area contributed by atoms with Gasteiger partial charge in [0, 0.05) is 36.6 Å². The number of rotatable bonds is 6. The molecular formula is C25H24N6O2. The average Bonchev–Trinajstić information content (AvgIpc) is 3.33. The lowest BCUT2D eigenvalue weighted by molar-refractivity contribution is -0.384. The van der Waals surface area contributed by atoms with Crippen LogP contribution in [-0.4, -0.2) is 38.0 Å². The van der Waals surface area contributed by atoms with E-state index in [4.69, 9.17) is 0 Å². The monoisotopic (exact) mass is 440 g/mol. The van der Waals surface area contributed by atoms with Gasteiger partial charge in [0.25, 0.3) is 5.69 Å². The molecule has 1 aliphatic heterocycles. The fraction of sp³-hybridized carbons (Fsp3) is 0.240. The minimum Gasteiger partial charge on any atom is -0.372 e. The highest BCUT2D eigenvalue weighted by atomic mass is 16.6. The third-order valence-corrected chi connectivity index (χ3v) is 5.96. The molecular weight excluding hydrogens is 416 g/mol. The lowest BCUT2D eigenvalue weighted by atomic mass is 10.0. The summed E-state index contributed by atoms with van der Waals surface area (Å²) < 4.78 is 1.78. The Labute approximate surface area is 191 Å². The number of nitro groups is 1. The number of nitrogens with zero attached hydrogens (tertiary/aromatic N) is 6. The van der Waals surface area contributed by atoms with Crippen LogP contribution in [-0.2, 0) is 6.54 Å². The van der Waals surface area contributed by atoms with Crippen molar-refractivity contribution in [1.82, 2.24) is 20.0 Å². The van der Waals surface area contributed by atoms with Crippen molar-refractivity contribution < 1.29 is 4.92 Å². The standard InChI is InChI=1S/C25H24N6O2/c32-31(33)25-10-9-21(29-13-5-2-6-14-29)16-22(25)23-15-20(11-12-26-23)24-18-30(28-27-24)17-19-7-3-1-4-8-19/h1,3-4,7-12,15-16,18H,2,5-6,13-14,17H2. The first-order valence-electron chi connectivity index (χ1n) is 11.1. The van der Waals surface area contributed by atoms with Gasteiger partial charge < -0.3 is 4.90 Å². The minimum atomic E-state index is -0.347. The van der Waals surface area contributed by atoms with E-state index in [0.717, 1.165) is 42.7 Å². The molecule has 8 nitrogen and oxygen atoms in total. The maximum atomic E-state index is 11.8. The highest BCUT2D eigenvalue weighted by Gasteiger charge is 2.20. The van der Waals surface area contributed by atoms with Gasteiger partial charge in [0.15, 0.2) is 0 Å². The van der Waals surface area contributed by atoms with Gasteiger partial charge >= 0.3 is 0 Å². The van der Waals surface area contributed by atoms with E-state index in [-0.39, 0.29) is 10.6 Å². The van der Waals surface area contributed by atoms with Gasteiger partial charge in [-0.2, -0.15) is 0 Å². The third kappa shape index (κ3) is 4.59. The zero-order valence-electron chi connectivity index (χ0n) is 18.2. The Morgan fingerprint density at radius 1 is 0.939 bits per heavy atom. The maximum absolute atomic E-state index is 11.8. The zero-order valence-corrected chi connectivity index (χ0v) is 18.2. The van der Waals surface area contributed by atoms with E-state index >= 15 is 0 Å². The van der Waals surface area contributed by atoms with Gasteiger partial charge in [0.1, 0.15) is 5.69 Å². The topological polar surface area (TPSA) is 90.0 Å². The predicted octanol–water partition coefficient (Wildman–Crippen LogP) is 4.95. The van der Waals surface area contributed by atoms with Crippen LogP contribution in [0.2, 0.25) is 0 Å². The molecule has 166 valence electrons. The summed E-state index contributed by atoms with van der Waals surface area (Å²) in [6, 6.07) is 19.1. The summed E-state index contributed by atoms with van der Waals surface area (Å²) in [4.78, 5) is 18.2. The quantitative estimate of drug-likeness (QED) is 0.311. The second-order valence-corrected chi connectivity index (χ2v) is 8.22. The molecule has 0 unspecified atom stereocenters. The van der Waals surface area contributed by atoms with Gasteiger partial charge in [-0.05, 0) is 49.1 Å². The van der Waals surface area contributed by atoms with Crippen LogP contribution in [0.25, 0.3) is 22.5 Å². The summed E-state index contributed by atoms with van der Waals surface area (Å²) in [5, 5.41) is 20.3. The van der Waals surface area contributed by atoms with Crippen LogP contribution in [0.3, 0.4) is 0 Å². The lowest BCUT2D eigenvalue weighted by Gasteiger charge is -2.29. The van der Waals surface area contributed by atoms with E-state index in [1.807, 2.05) is 60.8 Å². The Hall–Kier alpha value is -4.07. The molecule has 1 saturated heterocycles. The fourth-order valence-electron chi connectivity index (χ4n) is 4.25. The number of pyridine rings is 1. The summed E-state index contributed by atoms with van der Waals surface area (Å²) in [7, 11) is 0.